The van der Waals surface area contributed by atoms with Crippen molar-refractivity contribution in [2.45, 2.75) is 44.4 Å². The molecule has 1 N–H and O–H groups in total. The minimum absolute atomic E-state index is 0.00216. The summed E-state index contributed by atoms with van der Waals surface area (Å²) < 4.78 is 5.16. The Kier molecular flexibility index (Phi) is 4.03. The van der Waals surface area contributed by atoms with Crippen LogP contribution in [0.1, 0.15) is 31.2 Å². The average Bonchev–Trinajstić information content (AvgIpc) is 3.26. The number of rotatable bonds is 5. The Morgan fingerprint density at radius 1 is 1.35 bits per heavy atom. The van der Waals surface area contributed by atoms with Gasteiger partial charge in [-0.15, -0.1) is 0 Å². The first-order valence-electron chi connectivity index (χ1n) is 7.43. The van der Waals surface area contributed by atoms with Crippen molar-refractivity contribution >= 4 is 11.6 Å². The quantitative estimate of drug-likeness (QED) is 0.894. The first kappa shape index (κ1) is 13.6. The molecule has 2 aliphatic rings. The molecule has 0 radical (unpaired) electrons. The Bertz CT molecular complexity index is 485. The molecule has 1 atom stereocenters. The summed E-state index contributed by atoms with van der Waals surface area (Å²) in [5.41, 5.74) is 2.10. The topological polar surface area (TPSA) is 41.6 Å². The molecule has 1 saturated carbocycles. The molecular formula is C16H22N2O2. The van der Waals surface area contributed by atoms with Gasteiger partial charge >= 0.3 is 0 Å². The number of nitrogens with zero attached hydrogens (tertiary/aromatic N) is 1. The fourth-order valence-electron chi connectivity index (χ4n) is 2.80. The summed E-state index contributed by atoms with van der Waals surface area (Å²) in [7, 11) is 1.69. The molecular weight excluding hydrogens is 252 g/mol. The first-order valence-corrected chi connectivity index (χ1v) is 7.43. The Labute approximate surface area is 120 Å². The van der Waals surface area contributed by atoms with Crippen LogP contribution in [-0.4, -0.2) is 31.6 Å². The molecule has 1 saturated heterocycles. The van der Waals surface area contributed by atoms with E-state index in [0.717, 1.165) is 30.6 Å². The second-order valence-electron chi connectivity index (χ2n) is 5.73. The van der Waals surface area contributed by atoms with Gasteiger partial charge in [-0.3, -0.25) is 4.79 Å². The number of benzene rings is 1. The van der Waals surface area contributed by atoms with Gasteiger partial charge in [-0.25, -0.2) is 0 Å². The minimum atomic E-state index is 0.00216. The minimum Gasteiger partial charge on any atom is -0.380 e. The summed E-state index contributed by atoms with van der Waals surface area (Å²) in [6.45, 7) is 1.40. The summed E-state index contributed by atoms with van der Waals surface area (Å²) in [6, 6.07) is 8.67. The van der Waals surface area contributed by atoms with Gasteiger partial charge in [0.2, 0.25) is 5.91 Å². The summed E-state index contributed by atoms with van der Waals surface area (Å²) >= 11 is 0. The predicted octanol–water partition coefficient (Wildman–Crippen LogP) is 2.08. The molecule has 4 nitrogen and oxygen atoms in total. The predicted molar refractivity (Wildman–Crippen MR) is 78.7 cm³/mol. The fourth-order valence-corrected chi connectivity index (χ4v) is 2.80. The highest BCUT2D eigenvalue weighted by Gasteiger charge is 2.33. The van der Waals surface area contributed by atoms with E-state index in [4.69, 9.17) is 4.74 Å². The Balaban J connectivity index is 1.74. The Morgan fingerprint density at radius 3 is 2.95 bits per heavy atom. The molecule has 0 bridgehead atoms. The van der Waals surface area contributed by atoms with Crippen molar-refractivity contribution in [3.8, 4) is 0 Å². The van der Waals surface area contributed by atoms with E-state index in [1.807, 2.05) is 23.1 Å². The third-order valence-electron chi connectivity index (χ3n) is 3.99. The Morgan fingerprint density at radius 2 is 2.20 bits per heavy atom. The van der Waals surface area contributed by atoms with Crippen LogP contribution in [0.2, 0.25) is 0 Å². The standard InChI is InChI=1S/C16H22N2O2/c1-20-11-12-4-2-5-14(10-12)18-9-3-6-15(16(18)19)17-13-7-8-13/h2,4-5,10,13,15,17H,3,6-9,11H2,1H3. The van der Waals surface area contributed by atoms with Crippen molar-refractivity contribution in [2.75, 3.05) is 18.6 Å². The Hall–Kier alpha value is -1.39. The molecule has 0 aromatic heterocycles. The highest BCUT2D eigenvalue weighted by Crippen LogP contribution is 2.25. The SMILES string of the molecule is COCc1cccc(N2CCCC(NC3CC3)C2=O)c1. The molecule has 20 heavy (non-hydrogen) atoms. The van der Waals surface area contributed by atoms with Crippen LogP contribution in [0.15, 0.2) is 24.3 Å². The van der Waals surface area contributed by atoms with E-state index in [2.05, 4.69) is 11.4 Å². The smallest absolute Gasteiger partial charge is 0.244 e. The number of piperidine rings is 1. The molecule has 4 heteroatoms. The summed E-state index contributed by atoms with van der Waals surface area (Å²) in [5.74, 6) is 0.220. The van der Waals surface area contributed by atoms with Crippen LogP contribution in [0.5, 0.6) is 0 Å². The van der Waals surface area contributed by atoms with E-state index < -0.39 is 0 Å². The molecule has 1 amide bonds. The zero-order valence-electron chi connectivity index (χ0n) is 12.0. The lowest BCUT2D eigenvalue weighted by atomic mass is 10.0. The average molecular weight is 274 g/mol. The maximum Gasteiger partial charge on any atom is 0.244 e. The largest absolute Gasteiger partial charge is 0.380 e. The number of anilines is 1. The molecule has 0 spiro atoms. The second kappa shape index (κ2) is 5.94. The van der Waals surface area contributed by atoms with Gasteiger partial charge in [-0.05, 0) is 43.4 Å². The third kappa shape index (κ3) is 3.02. The van der Waals surface area contributed by atoms with Gasteiger partial charge in [0.25, 0.3) is 0 Å². The molecule has 1 aromatic rings. The van der Waals surface area contributed by atoms with Crippen LogP contribution in [0.25, 0.3) is 0 Å². The monoisotopic (exact) mass is 274 g/mol. The number of nitrogens with one attached hydrogen (secondary N) is 1. The van der Waals surface area contributed by atoms with E-state index in [-0.39, 0.29) is 11.9 Å². The summed E-state index contributed by atoms with van der Waals surface area (Å²) in [5, 5.41) is 3.47. The lowest BCUT2D eigenvalue weighted by molar-refractivity contribution is -0.121. The van der Waals surface area contributed by atoms with E-state index in [1.54, 1.807) is 7.11 Å². The number of methoxy groups -OCH3 is 1. The van der Waals surface area contributed by atoms with E-state index in [0.29, 0.717) is 12.6 Å². The number of hydrogen-bond donors (Lipinski definition) is 1. The molecule has 2 fully saturated rings. The molecule has 1 aliphatic heterocycles. The van der Waals surface area contributed by atoms with Crippen molar-refractivity contribution in [3.05, 3.63) is 29.8 Å². The molecule has 1 aliphatic carbocycles. The van der Waals surface area contributed by atoms with E-state index in [9.17, 15) is 4.79 Å². The summed E-state index contributed by atoms with van der Waals surface area (Å²) in [6.07, 6.45) is 4.45. The van der Waals surface area contributed by atoms with Crippen LogP contribution in [-0.2, 0) is 16.1 Å². The highest BCUT2D eigenvalue weighted by molar-refractivity contribution is 5.98. The molecule has 1 unspecified atom stereocenters. The van der Waals surface area contributed by atoms with Gasteiger partial charge in [0.05, 0.1) is 12.6 Å². The molecule has 3 rings (SSSR count). The zero-order chi connectivity index (χ0) is 13.9. The normalized spacial score (nSPS) is 23.1. The fraction of sp³-hybridized carbons (Fsp3) is 0.562. The summed E-state index contributed by atoms with van der Waals surface area (Å²) in [4.78, 5) is 14.5. The van der Waals surface area contributed by atoms with Gasteiger partial charge in [-0.2, -0.15) is 0 Å². The lowest BCUT2D eigenvalue weighted by Crippen LogP contribution is -2.51. The van der Waals surface area contributed by atoms with E-state index in [1.165, 1.54) is 12.8 Å². The van der Waals surface area contributed by atoms with Crippen LogP contribution in [0.4, 0.5) is 5.69 Å². The molecule has 1 heterocycles. The maximum absolute atomic E-state index is 12.6. The first-order chi connectivity index (χ1) is 9.78. The van der Waals surface area contributed by atoms with Crippen molar-refractivity contribution in [2.24, 2.45) is 0 Å². The lowest BCUT2D eigenvalue weighted by Gasteiger charge is -2.33. The van der Waals surface area contributed by atoms with Crippen molar-refractivity contribution in [1.82, 2.24) is 5.32 Å². The van der Waals surface area contributed by atoms with E-state index >= 15 is 0 Å². The molecule has 108 valence electrons. The van der Waals surface area contributed by atoms with Crippen LogP contribution < -0.4 is 10.2 Å². The van der Waals surface area contributed by atoms with Gasteiger partial charge in [0, 0.05) is 25.4 Å². The van der Waals surface area contributed by atoms with Gasteiger partial charge in [-0.1, -0.05) is 12.1 Å². The zero-order valence-corrected chi connectivity index (χ0v) is 12.0. The van der Waals surface area contributed by atoms with Crippen molar-refractivity contribution < 1.29 is 9.53 Å². The van der Waals surface area contributed by atoms with Crippen molar-refractivity contribution in [1.29, 1.82) is 0 Å². The van der Waals surface area contributed by atoms with Gasteiger partial charge in [0.1, 0.15) is 0 Å². The number of carbonyl (C=O) groups excluding carboxylic acids is 1. The third-order valence-corrected chi connectivity index (χ3v) is 3.99. The van der Waals surface area contributed by atoms with Crippen LogP contribution in [0.3, 0.4) is 0 Å². The van der Waals surface area contributed by atoms with Crippen LogP contribution in [0, 0.1) is 0 Å². The molecule has 1 aromatic carbocycles. The van der Waals surface area contributed by atoms with Crippen molar-refractivity contribution in [3.63, 3.8) is 0 Å². The number of amides is 1. The number of carbonyl (C=O) groups is 1. The number of hydrogen-bond acceptors (Lipinski definition) is 3. The van der Waals surface area contributed by atoms with Gasteiger partial charge < -0.3 is 15.0 Å². The maximum atomic E-state index is 12.6. The van der Waals surface area contributed by atoms with Crippen LogP contribution >= 0.6 is 0 Å². The highest BCUT2D eigenvalue weighted by atomic mass is 16.5. The second-order valence-corrected chi connectivity index (χ2v) is 5.73. The number of ether oxygens (including phenoxy) is 1. The van der Waals surface area contributed by atoms with Gasteiger partial charge in [0.15, 0.2) is 0 Å².